The molecule has 160 valence electrons. The lowest BCUT2D eigenvalue weighted by Gasteiger charge is -2.06. The van der Waals surface area contributed by atoms with Crippen molar-refractivity contribution in [2.24, 2.45) is 4.99 Å². The lowest BCUT2D eigenvalue weighted by Crippen LogP contribution is -2.08. The Labute approximate surface area is 194 Å². The number of ether oxygens (including phenoxy) is 1. The number of benzene rings is 3. The Kier molecular flexibility index (Phi) is 5.70. The van der Waals surface area contributed by atoms with Crippen molar-refractivity contribution in [2.75, 3.05) is 0 Å². The Hall–Kier alpha value is -4.22. The van der Waals surface area contributed by atoms with E-state index in [9.17, 15) is 4.79 Å². The van der Waals surface area contributed by atoms with Gasteiger partial charge in [-0.15, -0.1) is 0 Å². The van der Waals surface area contributed by atoms with E-state index in [0.29, 0.717) is 33.4 Å². The molecular formula is C27H17ClN2O3. The molecule has 0 amide bonds. The highest BCUT2D eigenvalue weighted by Gasteiger charge is 2.09. The van der Waals surface area contributed by atoms with Crippen LogP contribution < -0.4 is 10.1 Å². The van der Waals surface area contributed by atoms with Crippen molar-refractivity contribution in [3.05, 3.63) is 119 Å². The minimum atomic E-state index is -0.467. The van der Waals surface area contributed by atoms with E-state index in [1.54, 1.807) is 48.7 Å². The highest BCUT2D eigenvalue weighted by atomic mass is 35.5. The molecule has 0 saturated carbocycles. The standard InChI is InChI=1S/C27H17ClN2O3/c28-20-8-13-25-23(15-20)24(16-26(33-25)18-5-2-1-3-6-18)30-21-9-11-22(12-10-21)32-27(31)19-7-4-14-29-17-19/h1-17H. The van der Waals surface area contributed by atoms with Crippen molar-refractivity contribution >= 4 is 34.2 Å². The molecule has 6 heteroatoms. The molecule has 0 bridgehead atoms. The van der Waals surface area contributed by atoms with Gasteiger partial charge in [-0.3, -0.25) is 4.98 Å². The van der Waals surface area contributed by atoms with Crippen molar-refractivity contribution in [1.29, 1.82) is 0 Å². The molecule has 0 aliphatic heterocycles. The van der Waals surface area contributed by atoms with E-state index in [2.05, 4.69) is 4.98 Å². The van der Waals surface area contributed by atoms with Crippen molar-refractivity contribution in [1.82, 2.24) is 4.98 Å². The zero-order valence-electron chi connectivity index (χ0n) is 17.3. The Balaban J connectivity index is 1.51. The monoisotopic (exact) mass is 452 g/mol. The van der Waals surface area contributed by atoms with E-state index in [1.165, 1.54) is 6.20 Å². The van der Waals surface area contributed by atoms with Gasteiger partial charge in [-0.25, -0.2) is 9.79 Å². The van der Waals surface area contributed by atoms with Crippen LogP contribution in [-0.4, -0.2) is 11.0 Å². The smallest absolute Gasteiger partial charge is 0.345 e. The summed E-state index contributed by atoms with van der Waals surface area (Å²) in [6.07, 6.45) is 3.07. The van der Waals surface area contributed by atoms with Crippen LogP contribution in [0.15, 0.2) is 113 Å². The van der Waals surface area contributed by atoms with Crippen LogP contribution in [0.4, 0.5) is 5.69 Å². The number of nitrogens with zero attached hydrogens (tertiary/aromatic N) is 2. The average Bonchev–Trinajstić information content (AvgIpc) is 2.86. The highest BCUT2D eigenvalue weighted by Crippen LogP contribution is 2.25. The van der Waals surface area contributed by atoms with Gasteiger partial charge in [0.15, 0.2) is 0 Å². The van der Waals surface area contributed by atoms with Gasteiger partial charge in [-0.05, 0) is 54.6 Å². The summed E-state index contributed by atoms with van der Waals surface area (Å²) in [5.74, 6) is 0.653. The van der Waals surface area contributed by atoms with Crippen molar-refractivity contribution < 1.29 is 13.9 Å². The maximum absolute atomic E-state index is 12.2. The normalized spacial score (nSPS) is 11.5. The van der Waals surface area contributed by atoms with Crippen LogP contribution in [-0.2, 0) is 0 Å². The van der Waals surface area contributed by atoms with E-state index in [0.717, 1.165) is 16.3 Å². The number of fused-ring (bicyclic) bond motifs is 1. The molecule has 33 heavy (non-hydrogen) atoms. The zero-order valence-corrected chi connectivity index (χ0v) is 18.1. The molecule has 2 aromatic heterocycles. The van der Waals surface area contributed by atoms with Crippen LogP contribution in [0, 0.1) is 0 Å². The van der Waals surface area contributed by atoms with Crippen LogP contribution in [0.2, 0.25) is 5.02 Å². The summed E-state index contributed by atoms with van der Waals surface area (Å²) < 4.78 is 11.5. The SMILES string of the molecule is O=C(Oc1ccc(N=c2cc(-c3ccccc3)oc3ccc(Cl)cc23)cc1)c1cccnc1. The molecular weight excluding hydrogens is 436 g/mol. The maximum atomic E-state index is 12.2. The fourth-order valence-corrected chi connectivity index (χ4v) is 3.53. The van der Waals surface area contributed by atoms with Crippen molar-refractivity contribution in [3.63, 3.8) is 0 Å². The predicted octanol–water partition coefficient (Wildman–Crippen LogP) is 6.60. The summed E-state index contributed by atoms with van der Waals surface area (Å²) in [7, 11) is 0. The van der Waals surface area contributed by atoms with Gasteiger partial charge in [0, 0.05) is 34.4 Å². The Morgan fingerprint density at radius 1 is 0.909 bits per heavy atom. The highest BCUT2D eigenvalue weighted by molar-refractivity contribution is 6.31. The molecule has 0 fully saturated rings. The quantitative estimate of drug-likeness (QED) is 0.227. The van der Waals surface area contributed by atoms with E-state index in [1.807, 2.05) is 48.5 Å². The first-order chi connectivity index (χ1) is 16.2. The van der Waals surface area contributed by atoms with Crippen LogP contribution in [0.3, 0.4) is 0 Å². The predicted molar refractivity (Wildman–Crippen MR) is 128 cm³/mol. The molecule has 0 radical (unpaired) electrons. The van der Waals surface area contributed by atoms with Gasteiger partial charge in [-0.2, -0.15) is 0 Å². The number of pyridine rings is 1. The number of hydrogen-bond acceptors (Lipinski definition) is 5. The maximum Gasteiger partial charge on any atom is 0.345 e. The Bertz CT molecular complexity index is 1500. The fraction of sp³-hybridized carbons (Fsp3) is 0. The summed E-state index contributed by atoms with van der Waals surface area (Å²) in [6, 6.07) is 27.5. The van der Waals surface area contributed by atoms with Gasteiger partial charge < -0.3 is 9.15 Å². The minimum Gasteiger partial charge on any atom is -0.456 e. The van der Waals surface area contributed by atoms with Crippen LogP contribution in [0.25, 0.3) is 22.3 Å². The molecule has 2 heterocycles. The molecule has 0 unspecified atom stereocenters. The molecule has 0 aliphatic rings. The molecule has 5 aromatic rings. The number of carbonyl (C=O) groups excluding carboxylic acids is 1. The molecule has 0 N–H and O–H groups in total. The van der Waals surface area contributed by atoms with E-state index < -0.39 is 5.97 Å². The fourth-order valence-electron chi connectivity index (χ4n) is 3.36. The summed E-state index contributed by atoms with van der Waals surface area (Å²) in [6.45, 7) is 0. The minimum absolute atomic E-state index is 0.385. The molecule has 0 atom stereocenters. The first-order valence-corrected chi connectivity index (χ1v) is 10.6. The number of rotatable bonds is 4. The molecule has 5 nitrogen and oxygen atoms in total. The topological polar surface area (TPSA) is 64.7 Å². The molecule has 0 aliphatic carbocycles. The van der Waals surface area contributed by atoms with E-state index in [4.69, 9.17) is 25.7 Å². The van der Waals surface area contributed by atoms with Gasteiger partial charge in [0.2, 0.25) is 0 Å². The molecule has 3 aromatic carbocycles. The van der Waals surface area contributed by atoms with Gasteiger partial charge >= 0.3 is 5.97 Å². The van der Waals surface area contributed by atoms with Crippen molar-refractivity contribution in [3.8, 4) is 17.1 Å². The first kappa shape index (κ1) is 20.7. The summed E-state index contributed by atoms with van der Waals surface area (Å²) in [5, 5.41) is 2.12. The number of halogens is 1. The molecule has 0 saturated heterocycles. The van der Waals surface area contributed by atoms with Gasteiger partial charge in [-0.1, -0.05) is 41.9 Å². The summed E-state index contributed by atoms with van der Waals surface area (Å²) in [4.78, 5) is 21.0. The zero-order chi connectivity index (χ0) is 22.6. The second kappa shape index (κ2) is 9.10. The summed E-state index contributed by atoms with van der Waals surface area (Å²) in [5.41, 5.74) is 2.71. The average molecular weight is 453 g/mol. The van der Waals surface area contributed by atoms with E-state index in [-0.39, 0.29) is 0 Å². The molecule has 0 spiro atoms. The first-order valence-electron chi connectivity index (χ1n) is 10.2. The van der Waals surface area contributed by atoms with Crippen LogP contribution in [0.5, 0.6) is 5.75 Å². The number of hydrogen-bond donors (Lipinski definition) is 0. The largest absolute Gasteiger partial charge is 0.456 e. The van der Waals surface area contributed by atoms with Gasteiger partial charge in [0.05, 0.1) is 16.6 Å². The van der Waals surface area contributed by atoms with Gasteiger partial charge in [0.1, 0.15) is 17.1 Å². The number of aromatic nitrogens is 1. The number of carbonyl (C=O) groups is 1. The third kappa shape index (κ3) is 4.68. The van der Waals surface area contributed by atoms with Crippen LogP contribution >= 0.6 is 11.6 Å². The lowest BCUT2D eigenvalue weighted by molar-refractivity contribution is 0.0734. The van der Waals surface area contributed by atoms with Gasteiger partial charge in [0.25, 0.3) is 0 Å². The van der Waals surface area contributed by atoms with Crippen LogP contribution in [0.1, 0.15) is 10.4 Å². The Morgan fingerprint density at radius 2 is 1.73 bits per heavy atom. The van der Waals surface area contributed by atoms with Crippen molar-refractivity contribution in [2.45, 2.75) is 0 Å². The Morgan fingerprint density at radius 3 is 2.48 bits per heavy atom. The summed E-state index contributed by atoms with van der Waals surface area (Å²) >= 11 is 6.23. The molecule has 5 rings (SSSR count). The lowest BCUT2D eigenvalue weighted by atomic mass is 10.1. The second-order valence-corrected chi connectivity index (χ2v) is 7.68. The second-order valence-electron chi connectivity index (χ2n) is 7.24. The third-order valence-electron chi connectivity index (χ3n) is 4.96. The third-order valence-corrected chi connectivity index (χ3v) is 5.19. The number of esters is 1. The van der Waals surface area contributed by atoms with E-state index >= 15 is 0 Å².